The molecule has 17 heteroatoms. The van der Waals surface area contributed by atoms with Crippen molar-refractivity contribution in [3.05, 3.63) is 105 Å². The molecule has 1 unspecified atom stereocenters. The minimum Gasteiger partial charge on any atom is -0.508 e. The van der Waals surface area contributed by atoms with E-state index in [1.807, 2.05) is 20.8 Å². The number of amides is 2. The van der Waals surface area contributed by atoms with Gasteiger partial charge in [-0.1, -0.05) is 27.7 Å². The predicted octanol–water partition coefficient (Wildman–Crippen LogP) is 5.46. The third-order valence-corrected chi connectivity index (χ3v) is 12.5. The molecule has 2 amide bonds. The number of cyclic esters (lactones) is 1. The van der Waals surface area contributed by atoms with Gasteiger partial charge in [-0.25, -0.2) is 14.6 Å². The van der Waals surface area contributed by atoms with Gasteiger partial charge in [-0.15, -0.1) is 10.2 Å². The second kappa shape index (κ2) is 16.0. The van der Waals surface area contributed by atoms with E-state index in [1.54, 1.807) is 71.2 Å². The molecule has 6 aromatic rings. The number of ether oxygens (including phenoxy) is 2. The molecule has 63 heavy (non-hydrogen) atoms. The largest absolute Gasteiger partial charge is 0.508 e. The zero-order valence-electron chi connectivity index (χ0n) is 35.2. The number of carbonyl (C=O) groups is 3. The molecule has 0 spiro atoms. The molecule has 2 aromatic carbocycles. The molecule has 0 radical (unpaired) electrons. The van der Waals surface area contributed by atoms with Crippen LogP contribution in [0.3, 0.4) is 0 Å². The highest BCUT2D eigenvalue weighted by molar-refractivity contribution is 5.93. The van der Waals surface area contributed by atoms with Crippen LogP contribution in [0.25, 0.3) is 39.4 Å². The minimum absolute atomic E-state index is 0.00552. The number of fused-ring (bicyclic) bond motifs is 5. The van der Waals surface area contributed by atoms with Crippen molar-refractivity contribution in [3.63, 3.8) is 0 Å². The highest BCUT2D eigenvalue weighted by Gasteiger charge is 2.45. The third kappa shape index (κ3) is 7.01. The summed E-state index contributed by atoms with van der Waals surface area (Å²) in [4.78, 5) is 64.3. The Morgan fingerprint density at radius 1 is 1.02 bits per heavy atom. The first-order chi connectivity index (χ1) is 30.3. The van der Waals surface area contributed by atoms with Crippen LogP contribution >= 0.6 is 0 Å². The fourth-order valence-electron chi connectivity index (χ4n) is 8.98. The summed E-state index contributed by atoms with van der Waals surface area (Å²) in [5, 5.41) is 44.8. The summed E-state index contributed by atoms with van der Waals surface area (Å²) in [6.07, 6.45) is 4.55. The molecule has 9 rings (SSSR count). The molecule has 1 fully saturated rings. The monoisotopic (exact) mass is 854 g/mol. The smallest absolute Gasteiger partial charge is 0.415 e. The van der Waals surface area contributed by atoms with Crippen LogP contribution in [-0.4, -0.2) is 87.1 Å². The molecule has 0 aliphatic carbocycles. The molecule has 4 aromatic heterocycles. The van der Waals surface area contributed by atoms with E-state index in [-0.39, 0.29) is 71.2 Å². The quantitative estimate of drug-likeness (QED) is 0.133. The van der Waals surface area contributed by atoms with Crippen LogP contribution in [0.1, 0.15) is 91.3 Å². The van der Waals surface area contributed by atoms with Gasteiger partial charge in [-0.3, -0.25) is 19.1 Å². The Kier molecular flexibility index (Phi) is 10.4. The molecule has 324 valence electrons. The number of hydrogen-bond donors (Lipinski definition) is 4. The van der Waals surface area contributed by atoms with Crippen LogP contribution in [0.5, 0.6) is 17.2 Å². The number of phenols is 2. The van der Waals surface area contributed by atoms with Crippen molar-refractivity contribution in [1.82, 2.24) is 39.5 Å². The Labute approximate surface area is 361 Å². The number of phenolic OH excluding ortho intramolecular Hbond substituents is 2. The lowest BCUT2D eigenvalue weighted by Gasteiger charge is -2.31. The van der Waals surface area contributed by atoms with E-state index in [0.717, 1.165) is 16.5 Å². The highest BCUT2D eigenvalue weighted by Crippen LogP contribution is 2.42. The summed E-state index contributed by atoms with van der Waals surface area (Å²) >= 11 is 0. The van der Waals surface area contributed by atoms with E-state index in [0.29, 0.717) is 78.4 Å². The Morgan fingerprint density at radius 3 is 2.52 bits per heavy atom. The standard InChI is InChI=1S/C46H46N8O9/c1-5-28-30-16-27(9-10-35(30)49-39-32(28)22-53-36(39)18-34-33(43(53)58)23-62-44(59)46(34,61)6-2)63-45(60)52-14-11-25(12-15-52)20-48-42(57)41-51-50-40(54(41)26-8-7-13-47-21-26)31-17-29(24(3)4)37(55)19-38(31)56/h7-10,13,16-19,21,24-25,55-56,61H,5-6,11-12,14-15,20,22-23H2,1-4H3,(H,48,57). The second-order valence-electron chi connectivity index (χ2n) is 16.5. The molecular formula is C46H46N8O9. The first-order valence-corrected chi connectivity index (χ1v) is 21.1. The zero-order chi connectivity index (χ0) is 44.3. The maximum Gasteiger partial charge on any atom is 0.415 e. The van der Waals surface area contributed by atoms with Gasteiger partial charge >= 0.3 is 12.1 Å². The molecule has 0 saturated carbocycles. The molecule has 3 aliphatic heterocycles. The molecule has 0 bridgehead atoms. The van der Waals surface area contributed by atoms with Gasteiger partial charge in [-0.2, -0.15) is 0 Å². The Hall–Kier alpha value is -7.14. The van der Waals surface area contributed by atoms with Gasteiger partial charge in [0.15, 0.2) is 11.4 Å². The van der Waals surface area contributed by atoms with Crippen molar-refractivity contribution in [3.8, 4) is 45.7 Å². The number of esters is 1. The average molecular weight is 855 g/mol. The lowest BCUT2D eigenvalue weighted by atomic mass is 9.86. The molecular weight excluding hydrogens is 809 g/mol. The number of benzene rings is 2. The highest BCUT2D eigenvalue weighted by atomic mass is 16.6. The van der Waals surface area contributed by atoms with E-state index in [1.165, 1.54) is 10.6 Å². The van der Waals surface area contributed by atoms with Gasteiger partial charge < -0.3 is 39.6 Å². The van der Waals surface area contributed by atoms with Crippen LogP contribution < -0.4 is 15.6 Å². The third-order valence-electron chi connectivity index (χ3n) is 12.5. The minimum atomic E-state index is -1.92. The zero-order valence-corrected chi connectivity index (χ0v) is 35.2. The molecule has 7 heterocycles. The number of nitrogens with one attached hydrogen (secondary N) is 1. The number of nitrogens with zero attached hydrogens (tertiary/aromatic N) is 7. The Balaban J connectivity index is 0.872. The lowest BCUT2D eigenvalue weighted by molar-refractivity contribution is -0.172. The van der Waals surface area contributed by atoms with Gasteiger partial charge in [0.25, 0.3) is 11.5 Å². The number of hydrogen-bond acceptors (Lipinski definition) is 13. The van der Waals surface area contributed by atoms with Crippen molar-refractivity contribution in [1.29, 1.82) is 0 Å². The molecule has 4 N–H and O–H groups in total. The number of aliphatic hydroxyl groups is 1. The number of rotatable bonds is 9. The lowest BCUT2D eigenvalue weighted by Crippen LogP contribution is -2.44. The van der Waals surface area contributed by atoms with Crippen LogP contribution in [0, 0.1) is 5.92 Å². The Morgan fingerprint density at radius 2 is 1.81 bits per heavy atom. The van der Waals surface area contributed by atoms with Gasteiger partial charge in [0, 0.05) is 48.4 Å². The summed E-state index contributed by atoms with van der Waals surface area (Å²) in [7, 11) is 0. The summed E-state index contributed by atoms with van der Waals surface area (Å²) < 4.78 is 14.2. The van der Waals surface area contributed by atoms with Crippen LogP contribution in [0.15, 0.2) is 65.7 Å². The molecule has 17 nitrogen and oxygen atoms in total. The van der Waals surface area contributed by atoms with E-state index in [4.69, 9.17) is 14.5 Å². The summed E-state index contributed by atoms with van der Waals surface area (Å²) in [6, 6.07) is 13.3. The number of carbonyl (C=O) groups excluding carboxylic acids is 3. The van der Waals surface area contributed by atoms with Crippen LogP contribution in [0.4, 0.5) is 4.79 Å². The van der Waals surface area contributed by atoms with E-state index in [9.17, 15) is 34.5 Å². The normalized spacial score (nSPS) is 17.0. The molecule has 1 atom stereocenters. The van der Waals surface area contributed by atoms with E-state index < -0.39 is 23.6 Å². The second-order valence-corrected chi connectivity index (χ2v) is 16.5. The van der Waals surface area contributed by atoms with Gasteiger partial charge in [0.05, 0.1) is 46.5 Å². The maximum absolute atomic E-state index is 13.7. The van der Waals surface area contributed by atoms with Crippen molar-refractivity contribution in [2.45, 2.75) is 78.0 Å². The summed E-state index contributed by atoms with van der Waals surface area (Å²) in [5.41, 5.74) is 3.24. The number of piperidine rings is 1. The van der Waals surface area contributed by atoms with E-state index >= 15 is 0 Å². The maximum atomic E-state index is 13.7. The first-order valence-electron chi connectivity index (χ1n) is 21.1. The van der Waals surface area contributed by atoms with Gasteiger partial charge in [0.2, 0.25) is 5.82 Å². The number of aromatic nitrogens is 6. The first kappa shape index (κ1) is 41.2. The van der Waals surface area contributed by atoms with Gasteiger partial charge in [-0.05, 0) is 91.1 Å². The van der Waals surface area contributed by atoms with Gasteiger partial charge in [0.1, 0.15) is 23.9 Å². The number of likely N-dealkylation sites (tertiary alicyclic amines) is 1. The summed E-state index contributed by atoms with van der Waals surface area (Å²) in [5.74, 6) is -0.954. The van der Waals surface area contributed by atoms with E-state index in [2.05, 4.69) is 20.5 Å². The van der Waals surface area contributed by atoms with Crippen molar-refractivity contribution >= 4 is 28.9 Å². The van der Waals surface area contributed by atoms with Crippen molar-refractivity contribution in [2.24, 2.45) is 5.92 Å². The van der Waals surface area contributed by atoms with Crippen molar-refractivity contribution < 1.29 is 39.2 Å². The van der Waals surface area contributed by atoms with Crippen LogP contribution in [0.2, 0.25) is 0 Å². The SMILES string of the molecule is CCc1c2c(nc3ccc(OC(=O)N4CCC(CNC(=O)c5nnc(-c6cc(C(C)C)c(O)cc6O)n5-c5cccnc5)CC4)cc13)-c1cc3c(c(=O)n1C2)COC(=O)C3(O)CC. The van der Waals surface area contributed by atoms with Crippen LogP contribution in [-0.2, 0) is 34.7 Å². The number of aryl methyl sites for hydroxylation is 1. The number of pyridine rings is 3. The topological polar surface area (TPSA) is 224 Å². The predicted molar refractivity (Wildman–Crippen MR) is 229 cm³/mol. The van der Waals surface area contributed by atoms with Crippen molar-refractivity contribution in [2.75, 3.05) is 19.6 Å². The molecule has 3 aliphatic rings. The Bertz CT molecular complexity index is 2900. The fraction of sp³-hybridized carbons (Fsp3) is 0.348. The number of aromatic hydroxyl groups is 2. The molecule has 1 saturated heterocycles. The summed E-state index contributed by atoms with van der Waals surface area (Å²) in [6.45, 7) is 8.71. The fourth-order valence-corrected chi connectivity index (χ4v) is 8.98. The average Bonchev–Trinajstić information content (AvgIpc) is 3.89.